The predicted octanol–water partition coefficient (Wildman–Crippen LogP) is 2.50. The fraction of sp³-hybridized carbons (Fsp3) is 0.571. The number of hydrogen-bond donors (Lipinski definition) is 0. The summed E-state index contributed by atoms with van der Waals surface area (Å²) in [6.45, 7) is 8.05. The number of amides is 1. The molecule has 0 spiro atoms. The Bertz CT molecular complexity index is 403. The first-order valence-corrected chi connectivity index (χ1v) is 6.20. The van der Waals surface area contributed by atoms with Gasteiger partial charge < -0.3 is 4.90 Å². The van der Waals surface area contributed by atoms with Crippen molar-refractivity contribution in [2.45, 2.75) is 45.6 Å². The number of aromatic nitrogens is 1. The molecule has 3 heteroatoms. The molecule has 2 heterocycles. The Labute approximate surface area is 103 Å². The number of carbonyl (C=O) groups excluding carboxylic acids is 1. The van der Waals surface area contributed by atoms with Gasteiger partial charge in [-0.25, -0.2) is 0 Å². The van der Waals surface area contributed by atoms with Crippen LogP contribution >= 0.6 is 0 Å². The second-order valence-electron chi connectivity index (χ2n) is 5.72. The maximum Gasteiger partial charge on any atom is 0.222 e. The molecule has 0 atom stereocenters. The third-order valence-corrected chi connectivity index (χ3v) is 3.14. The predicted molar refractivity (Wildman–Crippen MR) is 67.6 cm³/mol. The van der Waals surface area contributed by atoms with Gasteiger partial charge in [0.1, 0.15) is 0 Å². The number of hydrogen-bond acceptors (Lipinski definition) is 2. The quantitative estimate of drug-likeness (QED) is 0.785. The number of nitrogens with zero attached hydrogens (tertiary/aromatic N) is 2. The molecule has 1 aromatic rings. The first-order valence-electron chi connectivity index (χ1n) is 6.20. The summed E-state index contributed by atoms with van der Waals surface area (Å²) in [4.78, 5) is 17.9. The van der Waals surface area contributed by atoms with Crippen molar-refractivity contribution in [1.29, 1.82) is 0 Å². The normalized spacial score (nSPS) is 16.6. The largest absolute Gasteiger partial charge is 0.338 e. The number of likely N-dealkylation sites (tertiary alicyclic amines) is 1. The van der Waals surface area contributed by atoms with Crippen LogP contribution < -0.4 is 0 Å². The molecular weight excluding hydrogens is 212 g/mol. The molecule has 1 aliphatic rings. The van der Waals surface area contributed by atoms with Gasteiger partial charge in [0.05, 0.1) is 0 Å². The van der Waals surface area contributed by atoms with E-state index in [1.807, 2.05) is 11.1 Å². The highest BCUT2D eigenvalue weighted by atomic mass is 16.2. The third kappa shape index (κ3) is 2.84. The van der Waals surface area contributed by atoms with Gasteiger partial charge in [-0.3, -0.25) is 9.78 Å². The van der Waals surface area contributed by atoms with Crippen LogP contribution in [0.25, 0.3) is 0 Å². The van der Waals surface area contributed by atoms with Crippen LogP contribution in [0.1, 0.15) is 44.9 Å². The van der Waals surface area contributed by atoms with Crippen LogP contribution in [0.5, 0.6) is 0 Å². The molecule has 0 saturated carbocycles. The SMILES string of the molecule is CC(C)(C)c1ccc(CN2CCCC2=O)cn1. The van der Waals surface area contributed by atoms with Gasteiger partial charge in [-0.2, -0.15) is 0 Å². The third-order valence-electron chi connectivity index (χ3n) is 3.14. The molecule has 1 fully saturated rings. The van der Waals surface area contributed by atoms with Crippen molar-refractivity contribution in [1.82, 2.24) is 9.88 Å². The Kier molecular flexibility index (Phi) is 3.18. The second-order valence-corrected chi connectivity index (χ2v) is 5.72. The van der Waals surface area contributed by atoms with E-state index >= 15 is 0 Å². The van der Waals surface area contributed by atoms with Gasteiger partial charge >= 0.3 is 0 Å². The molecule has 1 aliphatic heterocycles. The van der Waals surface area contributed by atoms with Crippen molar-refractivity contribution < 1.29 is 4.79 Å². The van der Waals surface area contributed by atoms with E-state index in [1.165, 1.54) is 0 Å². The van der Waals surface area contributed by atoms with E-state index in [9.17, 15) is 4.79 Å². The van der Waals surface area contributed by atoms with Crippen LogP contribution in [0.15, 0.2) is 18.3 Å². The highest BCUT2D eigenvalue weighted by Crippen LogP contribution is 2.20. The average molecular weight is 232 g/mol. The highest BCUT2D eigenvalue weighted by Gasteiger charge is 2.20. The molecule has 92 valence electrons. The van der Waals surface area contributed by atoms with Crippen molar-refractivity contribution in [3.05, 3.63) is 29.6 Å². The van der Waals surface area contributed by atoms with E-state index in [4.69, 9.17) is 0 Å². The van der Waals surface area contributed by atoms with Crippen LogP contribution in [0.3, 0.4) is 0 Å². The summed E-state index contributed by atoms with van der Waals surface area (Å²) in [6.07, 6.45) is 3.59. The van der Waals surface area contributed by atoms with E-state index in [-0.39, 0.29) is 11.3 Å². The molecule has 0 N–H and O–H groups in total. The first kappa shape index (κ1) is 12.1. The van der Waals surface area contributed by atoms with Gasteiger partial charge in [0.15, 0.2) is 0 Å². The van der Waals surface area contributed by atoms with Crippen molar-refractivity contribution >= 4 is 5.91 Å². The zero-order valence-electron chi connectivity index (χ0n) is 10.9. The molecule has 0 radical (unpaired) electrons. The lowest BCUT2D eigenvalue weighted by Crippen LogP contribution is -2.24. The molecular formula is C14H20N2O. The summed E-state index contributed by atoms with van der Waals surface area (Å²) in [5.41, 5.74) is 2.30. The maximum absolute atomic E-state index is 11.5. The summed E-state index contributed by atoms with van der Waals surface area (Å²) in [5.74, 6) is 0.268. The Morgan fingerprint density at radius 3 is 2.59 bits per heavy atom. The Morgan fingerprint density at radius 1 is 1.35 bits per heavy atom. The van der Waals surface area contributed by atoms with Crippen molar-refractivity contribution in [2.24, 2.45) is 0 Å². The molecule has 1 amide bonds. The van der Waals surface area contributed by atoms with E-state index in [0.717, 1.165) is 24.2 Å². The lowest BCUT2D eigenvalue weighted by Gasteiger charge is -2.19. The van der Waals surface area contributed by atoms with Crippen LogP contribution in [0.4, 0.5) is 0 Å². The van der Waals surface area contributed by atoms with E-state index in [1.54, 1.807) is 0 Å². The van der Waals surface area contributed by atoms with Gasteiger partial charge in [0, 0.05) is 36.8 Å². The number of carbonyl (C=O) groups is 1. The van der Waals surface area contributed by atoms with Gasteiger partial charge in [0.2, 0.25) is 5.91 Å². The van der Waals surface area contributed by atoms with E-state index in [0.29, 0.717) is 13.0 Å². The minimum Gasteiger partial charge on any atom is -0.338 e. The molecule has 1 aromatic heterocycles. The second kappa shape index (κ2) is 4.47. The molecule has 0 unspecified atom stereocenters. The Hall–Kier alpha value is -1.38. The fourth-order valence-corrected chi connectivity index (χ4v) is 2.05. The van der Waals surface area contributed by atoms with Crippen molar-refractivity contribution in [3.8, 4) is 0 Å². The molecule has 17 heavy (non-hydrogen) atoms. The lowest BCUT2D eigenvalue weighted by molar-refractivity contribution is -0.128. The number of rotatable bonds is 2. The van der Waals surface area contributed by atoms with Gasteiger partial charge in [-0.15, -0.1) is 0 Å². The Balaban J connectivity index is 2.06. The summed E-state index contributed by atoms with van der Waals surface area (Å²) < 4.78 is 0. The molecule has 1 saturated heterocycles. The van der Waals surface area contributed by atoms with Crippen LogP contribution in [0, 0.1) is 0 Å². The topological polar surface area (TPSA) is 33.2 Å². The fourth-order valence-electron chi connectivity index (χ4n) is 2.05. The summed E-state index contributed by atoms with van der Waals surface area (Å²) in [5, 5.41) is 0. The van der Waals surface area contributed by atoms with Gasteiger partial charge in [-0.1, -0.05) is 26.8 Å². The molecule has 0 aromatic carbocycles. The zero-order chi connectivity index (χ0) is 12.5. The minimum atomic E-state index is 0.0853. The van der Waals surface area contributed by atoms with Crippen LogP contribution in [-0.2, 0) is 16.8 Å². The lowest BCUT2D eigenvalue weighted by atomic mass is 9.91. The minimum absolute atomic E-state index is 0.0853. The molecule has 0 bridgehead atoms. The zero-order valence-corrected chi connectivity index (χ0v) is 10.9. The van der Waals surface area contributed by atoms with Crippen LogP contribution in [0.2, 0.25) is 0 Å². The molecule has 0 aliphatic carbocycles. The summed E-state index contributed by atoms with van der Waals surface area (Å²) in [6, 6.07) is 4.15. The van der Waals surface area contributed by atoms with Gasteiger partial charge in [0.25, 0.3) is 0 Å². The first-order chi connectivity index (χ1) is 7.97. The summed E-state index contributed by atoms with van der Waals surface area (Å²) in [7, 11) is 0. The highest BCUT2D eigenvalue weighted by molar-refractivity contribution is 5.78. The summed E-state index contributed by atoms with van der Waals surface area (Å²) >= 11 is 0. The van der Waals surface area contributed by atoms with Crippen molar-refractivity contribution in [3.63, 3.8) is 0 Å². The smallest absolute Gasteiger partial charge is 0.222 e. The standard InChI is InChI=1S/C14H20N2O/c1-14(2,3)12-7-6-11(9-15-12)10-16-8-4-5-13(16)17/h6-7,9H,4-5,8,10H2,1-3H3. The van der Waals surface area contributed by atoms with Crippen LogP contribution in [-0.4, -0.2) is 22.3 Å². The molecule has 3 nitrogen and oxygen atoms in total. The van der Waals surface area contributed by atoms with Crippen molar-refractivity contribution in [2.75, 3.05) is 6.54 Å². The monoisotopic (exact) mass is 232 g/mol. The maximum atomic E-state index is 11.5. The number of pyridine rings is 1. The average Bonchev–Trinajstić information content (AvgIpc) is 2.64. The Morgan fingerprint density at radius 2 is 2.12 bits per heavy atom. The molecule has 2 rings (SSSR count). The van der Waals surface area contributed by atoms with E-state index < -0.39 is 0 Å². The van der Waals surface area contributed by atoms with E-state index in [2.05, 4.69) is 37.9 Å². The van der Waals surface area contributed by atoms with Gasteiger partial charge in [-0.05, 0) is 18.1 Å².